The van der Waals surface area contributed by atoms with Gasteiger partial charge in [0.25, 0.3) is 0 Å². The molecule has 0 aliphatic carbocycles. The lowest BCUT2D eigenvalue weighted by atomic mass is 9.96. The molecule has 0 bridgehead atoms. The Morgan fingerprint density at radius 1 is 1.20 bits per heavy atom. The van der Waals surface area contributed by atoms with Crippen LogP contribution < -0.4 is 5.32 Å². The molecule has 3 heterocycles. The third kappa shape index (κ3) is 5.90. The fourth-order valence-electron chi connectivity index (χ4n) is 4.19. The summed E-state index contributed by atoms with van der Waals surface area (Å²) in [4.78, 5) is 39.9. The number of carbonyl (C=O) groups is 2. The predicted molar refractivity (Wildman–Crippen MR) is 117 cm³/mol. The fourth-order valence-corrected chi connectivity index (χ4v) is 4.19. The van der Waals surface area contributed by atoms with Gasteiger partial charge >= 0.3 is 0 Å². The highest BCUT2D eigenvalue weighted by molar-refractivity contribution is 5.78. The number of aromatic nitrogens is 2. The molecule has 2 aliphatic rings. The second-order valence-corrected chi connectivity index (χ2v) is 8.87. The van der Waals surface area contributed by atoms with Crippen molar-refractivity contribution >= 4 is 17.6 Å². The van der Waals surface area contributed by atoms with E-state index in [1.165, 1.54) is 12.8 Å². The highest BCUT2D eigenvalue weighted by Crippen LogP contribution is 2.26. The van der Waals surface area contributed by atoms with Gasteiger partial charge in [0.05, 0.1) is 18.8 Å². The van der Waals surface area contributed by atoms with Gasteiger partial charge in [-0.1, -0.05) is 6.92 Å². The molecule has 2 fully saturated rings. The maximum absolute atomic E-state index is 12.9. The second kappa shape index (κ2) is 10.2. The first-order valence-corrected chi connectivity index (χ1v) is 11.1. The van der Waals surface area contributed by atoms with Crippen LogP contribution in [0.1, 0.15) is 57.0 Å². The minimum absolute atomic E-state index is 0.00251. The van der Waals surface area contributed by atoms with Crippen molar-refractivity contribution in [1.29, 1.82) is 0 Å². The van der Waals surface area contributed by atoms with Crippen LogP contribution in [-0.4, -0.2) is 83.3 Å². The SMILES string of the molecule is CNc1cc(CN(C)C(C)=O)nc([C@H]2CCCN(C(=O)CN3CCC(C)CC3)C2)n1. The van der Waals surface area contributed by atoms with E-state index in [4.69, 9.17) is 4.98 Å². The smallest absolute Gasteiger partial charge is 0.236 e. The lowest BCUT2D eigenvalue weighted by molar-refractivity contribution is -0.134. The number of nitrogens with one attached hydrogen (secondary N) is 1. The maximum atomic E-state index is 12.9. The zero-order chi connectivity index (χ0) is 21.7. The Morgan fingerprint density at radius 3 is 2.60 bits per heavy atom. The third-order valence-electron chi connectivity index (χ3n) is 6.36. The van der Waals surface area contributed by atoms with Crippen molar-refractivity contribution < 1.29 is 9.59 Å². The number of likely N-dealkylation sites (tertiary alicyclic amines) is 2. The van der Waals surface area contributed by atoms with Gasteiger partial charge in [0.1, 0.15) is 11.6 Å². The minimum atomic E-state index is 0.00251. The van der Waals surface area contributed by atoms with Gasteiger partial charge in [0.15, 0.2) is 0 Å². The van der Waals surface area contributed by atoms with E-state index >= 15 is 0 Å². The summed E-state index contributed by atoms with van der Waals surface area (Å²) in [6.07, 6.45) is 4.29. The molecule has 0 aromatic carbocycles. The van der Waals surface area contributed by atoms with Crippen molar-refractivity contribution in [2.45, 2.75) is 52.0 Å². The van der Waals surface area contributed by atoms with E-state index < -0.39 is 0 Å². The lowest BCUT2D eigenvalue weighted by Crippen LogP contribution is -2.46. The number of piperidine rings is 2. The Hall–Kier alpha value is -2.22. The molecular weight excluding hydrogens is 380 g/mol. The van der Waals surface area contributed by atoms with Gasteiger partial charge in [-0.3, -0.25) is 14.5 Å². The third-order valence-corrected chi connectivity index (χ3v) is 6.36. The number of amides is 2. The van der Waals surface area contributed by atoms with Crippen LogP contribution in [0.3, 0.4) is 0 Å². The Kier molecular flexibility index (Phi) is 7.64. The van der Waals surface area contributed by atoms with Crippen LogP contribution in [-0.2, 0) is 16.1 Å². The fraction of sp³-hybridized carbons (Fsp3) is 0.727. The molecule has 3 rings (SSSR count). The molecule has 8 heteroatoms. The van der Waals surface area contributed by atoms with Crippen LogP contribution in [0.25, 0.3) is 0 Å². The van der Waals surface area contributed by atoms with Crippen LogP contribution in [0, 0.1) is 5.92 Å². The van der Waals surface area contributed by atoms with E-state index in [0.29, 0.717) is 19.6 Å². The first-order valence-electron chi connectivity index (χ1n) is 11.1. The number of rotatable bonds is 6. The number of anilines is 1. The normalized spacial score (nSPS) is 20.8. The van der Waals surface area contributed by atoms with E-state index in [9.17, 15) is 9.59 Å². The standard InChI is InChI=1S/C22H36N6O2/c1-16-7-10-27(11-8-16)15-21(30)28-9-5-6-18(13-28)22-24-19(12-20(23-3)25-22)14-26(4)17(2)29/h12,16,18H,5-11,13-15H2,1-4H3,(H,23,24,25)/t18-/m0/s1. The molecule has 8 nitrogen and oxygen atoms in total. The van der Waals surface area contributed by atoms with Gasteiger partial charge < -0.3 is 15.1 Å². The Balaban J connectivity index is 1.66. The van der Waals surface area contributed by atoms with Gasteiger partial charge in [-0.2, -0.15) is 0 Å². The van der Waals surface area contributed by atoms with Crippen LogP contribution >= 0.6 is 0 Å². The van der Waals surface area contributed by atoms with Crippen LogP contribution in [0.15, 0.2) is 6.07 Å². The minimum Gasteiger partial charge on any atom is -0.373 e. The molecule has 1 atom stereocenters. The molecule has 1 aromatic rings. The Labute approximate surface area is 180 Å². The van der Waals surface area contributed by atoms with E-state index in [1.807, 2.05) is 18.0 Å². The van der Waals surface area contributed by atoms with Gasteiger partial charge in [0.2, 0.25) is 11.8 Å². The van der Waals surface area contributed by atoms with Gasteiger partial charge in [0, 0.05) is 46.1 Å². The number of nitrogens with zero attached hydrogens (tertiary/aromatic N) is 5. The molecule has 0 spiro atoms. The summed E-state index contributed by atoms with van der Waals surface area (Å²) in [7, 11) is 3.60. The first kappa shape index (κ1) is 22.5. The average Bonchev–Trinajstić information content (AvgIpc) is 2.75. The second-order valence-electron chi connectivity index (χ2n) is 8.87. The molecule has 30 heavy (non-hydrogen) atoms. The highest BCUT2D eigenvalue weighted by Gasteiger charge is 2.28. The van der Waals surface area contributed by atoms with Crippen molar-refractivity contribution in [1.82, 2.24) is 24.7 Å². The van der Waals surface area contributed by atoms with Crippen LogP contribution in [0.5, 0.6) is 0 Å². The monoisotopic (exact) mass is 416 g/mol. The molecule has 2 saturated heterocycles. The summed E-state index contributed by atoms with van der Waals surface area (Å²) in [5.41, 5.74) is 0.813. The summed E-state index contributed by atoms with van der Waals surface area (Å²) in [5, 5.41) is 3.10. The summed E-state index contributed by atoms with van der Waals surface area (Å²) in [6, 6.07) is 1.88. The lowest BCUT2D eigenvalue weighted by Gasteiger charge is -2.35. The van der Waals surface area contributed by atoms with Crippen LogP contribution in [0.4, 0.5) is 5.82 Å². The van der Waals surface area contributed by atoms with E-state index in [1.54, 1.807) is 18.9 Å². The summed E-state index contributed by atoms with van der Waals surface area (Å²) < 4.78 is 0. The number of hydrogen-bond acceptors (Lipinski definition) is 6. The molecule has 2 amide bonds. The topological polar surface area (TPSA) is 81.7 Å². The van der Waals surface area contributed by atoms with E-state index in [2.05, 4.69) is 22.1 Å². The Bertz CT molecular complexity index is 747. The zero-order valence-electron chi connectivity index (χ0n) is 18.9. The van der Waals surface area contributed by atoms with Crippen LogP contribution in [0.2, 0.25) is 0 Å². The average molecular weight is 417 g/mol. The largest absolute Gasteiger partial charge is 0.373 e. The molecule has 2 aliphatic heterocycles. The zero-order valence-corrected chi connectivity index (χ0v) is 18.9. The molecule has 1 aromatic heterocycles. The predicted octanol–water partition coefficient (Wildman–Crippen LogP) is 1.93. The van der Waals surface area contributed by atoms with Gasteiger partial charge in [-0.25, -0.2) is 9.97 Å². The van der Waals surface area contributed by atoms with Crippen molar-refractivity contribution in [2.75, 3.05) is 52.1 Å². The Morgan fingerprint density at radius 2 is 1.93 bits per heavy atom. The number of carbonyl (C=O) groups excluding carboxylic acids is 2. The van der Waals surface area contributed by atoms with Crippen molar-refractivity contribution in [3.8, 4) is 0 Å². The molecule has 0 radical (unpaired) electrons. The molecule has 0 saturated carbocycles. The van der Waals surface area contributed by atoms with Gasteiger partial charge in [-0.05, 0) is 44.7 Å². The van der Waals surface area contributed by atoms with E-state index in [0.717, 1.165) is 55.7 Å². The molecule has 0 unspecified atom stereocenters. The van der Waals surface area contributed by atoms with E-state index in [-0.39, 0.29) is 17.7 Å². The quantitative estimate of drug-likeness (QED) is 0.763. The maximum Gasteiger partial charge on any atom is 0.236 e. The highest BCUT2D eigenvalue weighted by atomic mass is 16.2. The van der Waals surface area contributed by atoms with Crippen molar-refractivity contribution in [3.63, 3.8) is 0 Å². The number of hydrogen-bond donors (Lipinski definition) is 1. The first-order chi connectivity index (χ1) is 14.4. The summed E-state index contributed by atoms with van der Waals surface area (Å²) >= 11 is 0. The molecular formula is C22H36N6O2. The summed E-state index contributed by atoms with van der Waals surface area (Å²) in [6.45, 7) is 8.32. The van der Waals surface area contributed by atoms with Crippen molar-refractivity contribution in [3.05, 3.63) is 17.6 Å². The van der Waals surface area contributed by atoms with Crippen molar-refractivity contribution in [2.24, 2.45) is 5.92 Å². The molecule has 1 N–H and O–H groups in total. The van der Waals surface area contributed by atoms with Gasteiger partial charge in [-0.15, -0.1) is 0 Å². The molecule has 166 valence electrons. The summed E-state index contributed by atoms with van der Waals surface area (Å²) in [5.74, 6) is 2.62.